The van der Waals surface area contributed by atoms with E-state index >= 15 is 0 Å². The maximum absolute atomic E-state index is 12.2. The molecule has 5 heteroatoms. The van der Waals surface area contributed by atoms with Gasteiger partial charge in [-0.2, -0.15) is 0 Å². The van der Waals surface area contributed by atoms with Crippen molar-refractivity contribution in [1.29, 1.82) is 0 Å². The zero-order valence-corrected chi connectivity index (χ0v) is 12.7. The third kappa shape index (κ3) is 8.59. The molecule has 1 amide bonds. The third-order valence-corrected chi connectivity index (χ3v) is 2.55. The van der Waals surface area contributed by atoms with E-state index in [1.165, 1.54) is 0 Å². The zero-order chi connectivity index (χ0) is 15.1. The number of rotatable bonds is 8. The summed E-state index contributed by atoms with van der Waals surface area (Å²) < 4.78 is 5.43. The van der Waals surface area contributed by atoms with Crippen LogP contribution in [-0.4, -0.2) is 47.7 Å². The van der Waals surface area contributed by atoms with Crippen LogP contribution >= 0.6 is 0 Å². The summed E-state index contributed by atoms with van der Waals surface area (Å²) in [6.45, 7) is 10.8. The predicted molar refractivity (Wildman–Crippen MR) is 74.0 cm³/mol. The van der Waals surface area contributed by atoms with Crippen LogP contribution in [-0.2, 0) is 14.3 Å². The van der Waals surface area contributed by atoms with Crippen molar-refractivity contribution in [3.05, 3.63) is 0 Å². The lowest BCUT2D eigenvalue weighted by atomic mass is 9.94. The Balaban J connectivity index is 4.34. The Morgan fingerprint density at radius 2 is 1.79 bits per heavy atom. The largest absolute Gasteiger partial charge is 0.481 e. The molecule has 0 aliphatic rings. The minimum absolute atomic E-state index is 0.0155. The van der Waals surface area contributed by atoms with Crippen molar-refractivity contribution in [3.8, 4) is 0 Å². The van der Waals surface area contributed by atoms with E-state index in [1.54, 1.807) is 4.90 Å². The van der Waals surface area contributed by atoms with Crippen molar-refractivity contribution in [2.45, 2.75) is 53.6 Å². The third-order valence-electron chi connectivity index (χ3n) is 2.55. The second-order valence-electron chi connectivity index (χ2n) is 5.96. The van der Waals surface area contributed by atoms with Crippen LogP contribution in [0.4, 0.5) is 0 Å². The quantitative estimate of drug-likeness (QED) is 0.688. The van der Waals surface area contributed by atoms with Gasteiger partial charge in [0.2, 0.25) is 5.91 Å². The lowest BCUT2D eigenvalue weighted by Gasteiger charge is -2.29. The Morgan fingerprint density at radius 3 is 2.21 bits per heavy atom. The number of carboxylic acids is 1. The average molecular weight is 273 g/mol. The molecule has 0 saturated carbocycles. The van der Waals surface area contributed by atoms with Crippen LogP contribution < -0.4 is 0 Å². The molecule has 0 heterocycles. The molecule has 0 spiro atoms. The highest BCUT2D eigenvalue weighted by atomic mass is 16.5. The summed E-state index contributed by atoms with van der Waals surface area (Å²) in [6.07, 6.45) is 0.873. The summed E-state index contributed by atoms with van der Waals surface area (Å²) in [6, 6.07) is 0. The van der Waals surface area contributed by atoms with E-state index in [1.807, 2.05) is 34.6 Å². The number of aliphatic carboxylic acids is 1. The minimum Gasteiger partial charge on any atom is -0.481 e. The minimum atomic E-state index is -0.884. The van der Waals surface area contributed by atoms with Crippen molar-refractivity contribution in [3.63, 3.8) is 0 Å². The summed E-state index contributed by atoms with van der Waals surface area (Å²) in [5.74, 6) is -0.900. The molecular formula is C14H27NO4. The Labute approximate surface area is 115 Å². The van der Waals surface area contributed by atoms with Crippen LogP contribution in [0.15, 0.2) is 0 Å². The SMILES string of the molecule is CC(C)OCCCN(CCC(=O)O)C(=O)C(C)(C)C. The first kappa shape index (κ1) is 17.9. The van der Waals surface area contributed by atoms with Crippen LogP contribution in [0.5, 0.6) is 0 Å². The maximum Gasteiger partial charge on any atom is 0.305 e. The average Bonchev–Trinajstić information content (AvgIpc) is 2.25. The summed E-state index contributed by atoms with van der Waals surface area (Å²) in [5.41, 5.74) is -0.489. The van der Waals surface area contributed by atoms with Gasteiger partial charge in [0.25, 0.3) is 0 Å². The second kappa shape index (κ2) is 8.15. The molecule has 0 saturated heterocycles. The number of carbonyl (C=O) groups is 2. The van der Waals surface area contributed by atoms with Gasteiger partial charge < -0.3 is 14.7 Å². The molecule has 0 bridgehead atoms. The number of hydrogen-bond donors (Lipinski definition) is 1. The van der Waals surface area contributed by atoms with E-state index in [0.29, 0.717) is 13.2 Å². The van der Waals surface area contributed by atoms with E-state index < -0.39 is 11.4 Å². The number of amides is 1. The van der Waals surface area contributed by atoms with Crippen LogP contribution in [0.3, 0.4) is 0 Å². The highest BCUT2D eigenvalue weighted by Gasteiger charge is 2.27. The summed E-state index contributed by atoms with van der Waals surface area (Å²) >= 11 is 0. The molecule has 0 aromatic carbocycles. The molecule has 0 unspecified atom stereocenters. The van der Waals surface area contributed by atoms with Crippen molar-refractivity contribution >= 4 is 11.9 Å². The van der Waals surface area contributed by atoms with Crippen LogP contribution in [0.2, 0.25) is 0 Å². The molecule has 0 aromatic rings. The molecule has 0 fully saturated rings. The second-order valence-corrected chi connectivity index (χ2v) is 5.96. The Bertz CT molecular complexity index is 294. The van der Waals surface area contributed by atoms with E-state index in [4.69, 9.17) is 9.84 Å². The highest BCUT2D eigenvalue weighted by molar-refractivity contribution is 5.82. The number of nitrogens with zero attached hydrogens (tertiary/aromatic N) is 1. The van der Waals surface area contributed by atoms with Gasteiger partial charge in [-0.3, -0.25) is 9.59 Å². The number of carboxylic acid groups (broad SMARTS) is 1. The van der Waals surface area contributed by atoms with Crippen LogP contribution in [0.25, 0.3) is 0 Å². The van der Waals surface area contributed by atoms with Gasteiger partial charge in [-0.25, -0.2) is 0 Å². The summed E-state index contributed by atoms with van der Waals surface area (Å²) in [5, 5.41) is 8.73. The van der Waals surface area contributed by atoms with Gasteiger partial charge in [0.15, 0.2) is 0 Å². The normalized spacial score (nSPS) is 11.7. The van der Waals surface area contributed by atoms with Crippen LogP contribution in [0, 0.1) is 5.41 Å². The zero-order valence-electron chi connectivity index (χ0n) is 12.7. The molecule has 0 atom stereocenters. The van der Waals surface area contributed by atoms with Crippen molar-refractivity contribution < 1.29 is 19.4 Å². The summed E-state index contributed by atoms with van der Waals surface area (Å²) in [7, 11) is 0. The van der Waals surface area contributed by atoms with E-state index in [0.717, 1.165) is 6.42 Å². The van der Waals surface area contributed by atoms with E-state index in [2.05, 4.69) is 0 Å². The smallest absolute Gasteiger partial charge is 0.305 e. The van der Waals surface area contributed by atoms with Gasteiger partial charge in [-0.1, -0.05) is 20.8 Å². The molecule has 112 valence electrons. The van der Waals surface area contributed by atoms with Crippen molar-refractivity contribution in [1.82, 2.24) is 4.90 Å². The topological polar surface area (TPSA) is 66.8 Å². The van der Waals surface area contributed by atoms with E-state index in [9.17, 15) is 9.59 Å². The number of ether oxygens (including phenoxy) is 1. The standard InChI is InChI=1S/C14H27NO4/c1-11(2)19-10-6-8-15(9-7-12(16)17)13(18)14(3,4)5/h11H,6-10H2,1-5H3,(H,16,17). The van der Waals surface area contributed by atoms with Crippen LogP contribution in [0.1, 0.15) is 47.5 Å². The van der Waals surface area contributed by atoms with Gasteiger partial charge in [0, 0.05) is 25.1 Å². The first-order valence-electron chi connectivity index (χ1n) is 6.77. The first-order valence-corrected chi connectivity index (χ1v) is 6.77. The molecular weight excluding hydrogens is 246 g/mol. The molecule has 0 rings (SSSR count). The van der Waals surface area contributed by atoms with Crippen molar-refractivity contribution in [2.24, 2.45) is 5.41 Å². The molecule has 0 radical (unpaired) electrons. The monoisotopic (exact) mass is 273 g/mol. The van der Waals surface area contributed by atoms with Gasteiger partial charge in [0.1, 0.15) is 0 Å². The first-order chi connectivity index (χ1) is 8.64. The van der Waals surface area contributed by atoms with Gasteiger partial charge >= 0.3 is 5.97 Å². The molecule has 19 heavy (non-hydrogen) atoms. The Morgan fingerprint density at radius 1 is 1.21 bits per heavy atom. The van der Waals surface area contributed by atoms with Gasteiger partial charge in [-0.15, -0.1) is 0 Å². The number of carbonyl (C=O) groups excluding carboxylic acids is 1. The summed E-state index contributed by atoms with van der Waals surface area (Å²) in [4.78, 5) is 24.5. The molecule has 1 N–H and O–H groups in total. The lowest BCUT2D eigenvalue weighted by molar-refractivity contribution is -0.142. The van der Waals surface area contributed by atoms with Gasteiger partial charge in [-0.05, 0) is 20.3 Å². The fraction of sp³-hybridized carbons (Fsp3) is 0.857. The number of hydrogen-bond acceptors (Lipinski definition) is 3. The maximum atomic E-state index is 12.2. The Hall–Kier alpha value is -1.10. The van der Waals surface area contributed by atoms with Gasteiger partial charge in [0.05, 0.1) is 12.5 Å². The Kier molecular flexibility index (Phi) is 7.68. The molecule has 0 aliphatic heterocycles. The predicted octanol–water partition coefficient (Wildman–Crippen LogP) is 2.15. The van der Waals surface area contributed by atoms with Crippen molar-refractivity contribution in [2.75, 3.05) is 19.7 Å². The fourth-order valence-corrected chi connectivity index (χ4v) is 1.59. The molecule has 0 aromatic heterocycles. The lowest BCUT2D eigenvalue weighted by Crippen LogP contribution is -2.41. The molecule has 5 nitrogen and oxygen atoms in total. The van der Waals surface area contributed by atoms with E-state index in [-0.39, 0.29) is 25.0 Å². The molecule has 0 aliphatic carbocycles. The fourth-order valence-electron chi connectivity index (χ4n) is 1.59. The highest BCUT2D eigenvalue weighted by Crippen LogP contribution is 2.17.